The highest BCUT2D eigenvalue weighted by Crippen LogP contribution is 2.25. The van der Waals surface area contributed by atoms with Crippen LogP contribution in [0.15, 0.2) is 48.5 Å². The number of ether oxygens (including phenoxy) is 1. The number of para-hydroxylation sites is 1. The summed E-state index contributed by atoms with van der Waals surface area (Å²) in [5, 5.41) is 0. The Balaban J connectivity index is 1.71. The third-order valence-corrected chi connectivity index (χ3v) is 6.85. The normalized spacial score (nSPS) is 15.2. The smallest absolute Gasteiger partial charge is 0.337 e. The van der Waals surface area contributed by atoms with E-state index in [2.05, 4.69) is 16.7 Å². The predicted octanol–water partition coefficient (Wildman–Crippen LogP) is 4.18. The van der Waals surface area contributed by atoms with E-state index < -0.39 is 16.0 Å². The Kier molecular flexibility index (Phi) is 7.50. The molecule has 1 aliphatic carbocycles. The third-order valence-electron chi connectivity index (χ3n) is 5.61. The van der Waals surface area contributed by atoms with Crippen molar-refractivity contribution in [3.63, 3.8) is 0 Å². The molecule has 0 heterocycles. The number of benzene rings is 2. The van der Waals surface area contributed by atoms with E-state index in [0.29, 0.717) is 29.4 Å². The molecule has 0 atom stereocenters. The number of nitrogens with zero attached hydrogens (tertiary/aromatic N) is 1. The largest absolute Gasteiger partial charge is 0.465 e. The highest BCUT2D eigenvalue weighted by atomic mass is 32.2. The van der Waals surface area contributed by atoms with Gasteiger partial charge in [-0.15, -0.1) is 0 Å². The summed E-state index contributed by atoms with van der Waals surface area (Å²) in [4.78, 5) is 14.0. The van der Waals surface area contributed by atoms with Gasteiger partial charge >= 0.3 is 5.97 Å². The van der Waals surface area contributed by atoms with Crippen LogP contribution in [0, 0.1) is 0 Å². The first-order valence-electron chi connectivity index (χ1n) is 10.3. The molecule has 1 fully saturated rings. The van der Waals surface area contributed by atoms with Crippen LogP contribution in [0.1, 0.15) is 53.6 Å². The molecule has 0 saturated heterocycles. The van der Waals surface area contributed by atoms with Gasteiger partial charge in [0, 0.05) is 12.6 Å². The van der Waals surface area contributed by atoms with Gasteiger partial charge in [0.25, 0.3) is 0 Å². The molecule has 1 saturated carbocycles. The van der Waals surface area contributed by atoms with Gasteiger partial charge in [-0.1, -0.05) is 49.6 Å². The Morgan fingerprint density at radius 2 is 1.83 bits per heavy atom. The van der Waals surface area contributed by atoms with Crippen LogP contribution in [0.4, 0.5) is 5.69 Å². The van der Waals surface area contributed by atoms with Gasteiger partial charge in [0.15, 0.2) is 0 Å². The summed E-state index contributed by atoms with van der Waals surface area (Å²) in [6.07, 6.45) is 6.21. The molecule has 0 bridgehead atoms. The van der Waals surface area contributed by atoms with Crippen molar-refractivity contribution in [1.82, 2.24) is 4.90 Å². The van der Waals surface area contributed by atoms with E-state index in [-0.39, 0.29) is 5.75 Å². The van der Waals surface area contributed by atoms with Crippen molar-refractivity contribution in [2.75, 3.05) is 18.9 Å². The fourth-order valence-corrected chi connectivity index (χ4v) is 5.23. The van der Waals surface area contributed by atoms with E-state index >= 15 is 0 Å². The minimum Gasteiger partial charge on any atom is -0.465 e. The molecular weight excluding hydrogens is 400 g/mol. The number of hydrogen-bond acceptors (Lipinski definition) is 5. The molecule has 7 heteroatoms. The highest BCUT2D eigenvalue weighted by molar-refractivity contribution is 7.91. The van der Waals surface area contributed by atoms with Crippen LogP contribution in [0.2, 0.25) is 0 Å². The Bertz CT molecular complexity index is 969. The molecule has 0 radical (unpaired) electrons. The van der Waals surface area contributed by atoms with Crippen molar-refractivity contribution in [3.05, 3.63) is 65.2 Å². The lowest BCUT2D eigenvalue weighted by Crippen LogP contribution is -2.33. The molecule has 0 amide bonds. The summed E-state index contributed by atoms with van der Waals surface area (Å²) in [6, 6.07) is 14.6. The van der Waals surface area contributed by atoms with Crippen LogP contribution in [0.3, 0.4) is 0 Å². The number of methoxy groups -OCH3 is 1. The quantitative estimate of drug-likeness (QED) is 0.636. The van der Waals surface area contributed by atoms with Crippen molar-refractivity contribution in [3.8, 4) is 0 Å². The van der Waals surface area contributed by atoms with Crippen molar-refractivity contribution in [2.24, 2.45) is 0 Å². The molecule has 6 nitrogen and oxygen atoms in total. The van der Waals surface area contributed by atoms with E-state index in [1.54, 1.807) is 30.3 Å². The number of hydrogen-bond donors (Lipinski definition) is 1. The second-order valence-corrected chi connectivity index (χ2v) is 9.64. The van der Waals surface area contributed by atoms with E-state index in [9.17, 15) is 13.2 Å². The number of carbonyl (C=O) groups excluding carboxylic acids is 1. The van der Waals surface area contributed by atoms with Crippen LogP contribution in [-0.2, 0) is 27.1 Å². The average Bonchev–Trinajstić information content (AvgIpc) is 2.74. The van der Waals surface area contributed by atoms with Crippen molar-refractivity contribution in [2.45, 2.75) is 50.4 Å². The number of nitrogens with one attached hydrogen (secondary N) is 1. The minimum absolute atomic E-state index is 0.218. The van der Waals surface area contributed by atoms with Crippen LogP contribution in [0.5, 0.6) is 0 Å². The maximum atomic E-state index is 12.8. The van der Waals surface area contributed by atoms with Crippen molar-refractivity contribution >= 4 is 21.7 Å². The number of sulfonamides is 1. The van der Waals surface area contributed by atoms with Crippen LogP contribution < -0.4 is 4.72 Å². The summed E-state index contributed by atoms with van der Waals surface area (Å²) in [5.41, 5.74) is 2.42. The van der Waals surface area contributed by atoms with Crippen LogP contribution in [-0.4, -0.2) is 39.5 Å². The van der Waals surface area contributed by atoms with Gasteiger partial charge in [-0.05, 0) is 49.2 Å². The van der Waals surface area contributed by atoms with Crippen molar-refractivity contribution in [1.29, 1.82) is 0 Å². The monoisotopic (exact) mass is 430 g/mol. The Labute approximate surface area is 179 Å². The van der Waals surface area contributed by atoms with Crippen LogP contribution in [0.25, 0.3) is 0 Å². The highest BCUT2D eigenvalue weighted by Gasteiger charge is 2.20. The summed E-state index contributed by atoms with van der Waals surface area (Å²) in [5.74, 6) is -0.705. The molecule has 1 aliphatic rings. The molecule has 3 rings (SSSR count). The topological polar surface area (TPSA) is 75.7 Å². The molecule has 0 aromatic heterocycles. The van der Waals surface area contributed by atoms with Gasteiger partial charge in [0.2, 0.25) is 10.0 Å². The zero-order valence-corrected chi connectivity index (χ0v) is 18.5. The molecular formula is C23H30N2O4S. The second-order valence-electron chi connectivity index (χ2n) is 7.92. The minimum atomic E-state index is -3.64. The number of esters is 1. The SMILES string of the molecule is COC(=O)c1cccc(CS(=O)(=O)Nc2ccccc2CN(C)C2CCCCC2)c1. The Morgan fingerprint density at radius 3 is 2.57 bits per heavy atom. The molecule has 2 aromatic carbocycles. The molecule has 0 spiro atoms. The van der Waals surface area contributed by atoms with Crippen LogP contribution >= 0.6 is 0 Å². The fraction of sp³-hybridized carbons (Fsp3) is 0.435. The lowest BCUT2D eigenvalue weighted by Gasteiger charge is -2.31. The number of anilines is 1. The van der Waals surface area contributed by atoms with Crippen molar-refractivity contribution < 1.29 is 17.9 Å². The standard InChI is InChI=1S/C23H30N2O4S/c1-25(21-12-4-3-5-13-21)16-20-10-6-7-14-22(20)24-30(27,28)17-18-9-8-11-19(15-18)23(26)29-2/h6-11,14-15,21,24H,3-5,12-13,16-17H2,1-2H3. The first-order chi connectivity index (χ1) is 14.4. The number of carbonyl (C=O) groups is 1. The third kappa shape index (κ3) is 6.06. The second kappa shape index (κ2) is 10.1. The van der Waals surface area contributed by atoms with Gasteiger partial charge in [0.1, 0.15) is 0 Å². The first kappa shape index (κ1) is 22.3. The lowest BCUT2D eigenvalue weighted by atomic mass is 9.94. The zero-order chi connectivity index (χ0) is 21.6. The molecule has 0 aliphatic heterocycles. The number of rotatable bonds is 8. The lowest BCUT2D eigenvalue weighted by molar-refractivity contribution is 0.0600. The Morgan fingerprint density at radius 1 is 1.10 bits per heavy atom. The molecule has 162 valence electrons. The van der Waals surface area contributed by atoms with E-state index in [0.717, 1.165) is 5.56 Å². The zero-order valence-electron chi connectivity index (χ0n) is 17.6. The van der Waals surface area contributed by atoms with Gasteiger partial charge in [-0.2, -0.15) is 0 Å². The maximum Gasteiger partial charge on any atom is 0.337 e. The summed E-state index contributed by atoms with van der Waals surface area (Å²) < 4.78 is 33.1. The predicted molar refractivity (Wildman–Crippen MR) is 119 cm³/mol. The molecule has 1 N–H and O–H groups in total. The van der Waals surface area contributed by atoms with E-state index in [4.69, 9.17) is 4.74 Å². The molecule has 2 aromatic rings. The van der Waals surface area contributed by atoms with Gasteiger partial charge < -0.3 is 4.74 Å². The fourth-order valence-electron chi connectivity index (χ4n) is 4.01. The van der Waals surface area contributed by atoms with E-state index in [1.807, 2.05) is 18.2 Å². The van der Waals surface area contributed by atoms with Gasteiger partial charge in [0.05, 0.1) is 24.1 Å². The summed E-state index contributed by atoms with van der Waals surface area (Å²) in [7, 11) is -0.230. The van der Waals surface area contributed by atoms with E-state index in [1.165, 1.54) is 39.2 Å². The Hall–Kier alpha value is -2.38. The summed E-state index contributed by atoms with van der Waals surface area (Å²) in [6.45, 7) is 0.696. The first-order valence-corrected chi connectivity index (χ1v) is 12.0. The van der Waals surface area contributed by atoms with Gasteiger partial charge in [-0.3, -0.25) is 9.62 Å². The molecule has 0 unspecified atom stereocenters. The molecule has 30 heavy (non-hydrogen) atoms. The van der Waals surface area contributed by atoms with Gasteiger partial charge in [-0.25, -0.2) is 13.2 Å². The average molecular weight is 431 g/mol. The maximum absolute atomic E-state index is 12.8. The summed E-state index contributed by atoms with van der Waals surface area (Å²) >= 11 is 0.